The molecular weight excluding hydrogens is 382 g/mol. The Kier molecular flexibility index (Phi) is 6.31. The van der Waals surface area contributed by atoms with Gasteiger partial charge in [-0.2, -0.15) is 0 Å². The van der Waals surface area contributed by atoms with E-state index >= 15 is 0 Å². The molecule has 8 heteroatoms. The van der Waals surface area contributed by atoms with E-state index in [1.165, 1.54) is 23.1 Å². The highest BCUT2D eigenvalue weighted by atomic mass is 32.2. The third kappa shape index (κ3) is 4.78. The topological polar surface area (TPSA) is 73.3 Å². The van der Waals surface area contributed by atoms with Crippen LogP contribution in [-0.4, -0.2) is 35.6 Å². The number of ether oxygens (including phenoxy) is 2. The zero-order chi connectivity index (χ0) is 19.2. The lowest BCUT2D eigenvalue weighted by Crippen LogP contribution is -2.22. The first-order valence-electron chi connectivity index (χ1n) is 8.19. The molecule has 1 aromatic heterocycles. The van der Waals surface area contributed by atoms with E-state index < -0.39 is 0 Å². The Morgan fingerprint density at radius 2 is 1.89 bits per heavy atom. The summed E-state index contributed by atoms with van der Waals surface area (Å²) in [5.74, 6) is 1.24. The van der Waals surface area contributed by atoms with Crippen molar-refractivity contribution < 1.29 is 14.3 Å². The Labute approximate surface area is 165 Å². The van der Waals surface area contributed by atoms with Crippen LogP contribution in [0, 0.1) is 0 Å². The van der Waals surface area contributed by atoms with Crippen LogP contribution in [0.4, 0.5) is 5.13 Å². The molecule has 3 aromatic rings. The number of hydrogen-bond donors (Lipinski definition) is 1. The maximum atomic E-state index is 12.4. The molecule has 6 nitrogen and oxygen atoms in total. The molecule has 1 N–H and O–H groups in total. The maximum Gasteiger partial charge on any atom is 0.239 e. The Bertz CT molecular complexity index is 916. The van der Waals surface area contributed by atoms with Crippen LogP contribution in [0.1, 0.15) is 6.92 Å². The molecule has 1 atom stereocenters. The average Bonchev–Trinajstić information content (AvgIpc) is 3.16. The summed E-state index contributed by atoms with van der Waals surface area (Å²) in [6.45, 7) is 1.86. The zero-order valence-electron chi connectivity index (χ0n) is 15.1. The van der Waals surface area contributed by atoms with Gasteiger partial charge in [0.25, 0.3) is 0 Å². The minimum atomic E-state index is -0.258. The van der Waals surface area contributed by atoms with Crippen LogP contribution in [0.5, 0.6) is 11.5 Å². The number of hydrogen-bond acceptors (Lipinski definition) is 7. The smallest absolute Gasteiger partial charge is 0.239 e. The second-order valence-electron chi connectivity index (χ2n) is 5.54. The SMILES string of the molecule is COc1ccc(OC)c(-c2nnc(NC(=O)[C@@H](C)Sc3ccccc3)s2)c1. The number of rotatable bonds is 7. The zero-order valence-corrected chi connectivity index (χ0v) is 16.8. The molecular formula is C19H19N3O3S2. The molecule has 0 aliphatic carbocycles. The molecule has 2 aromatic carbocycles. The van der Waals surface area contributed by atoms with Gasteiger partial charge in [0.2, 0.25) is 11.0 Å². The van der Waals surface area contributed by atoms with Crippen LogP contribution in [0.15, 0.2) is 53.4 Å². The minimum absolute atomic E-state index is 0.121. The van der Waals surface area contributed by atoms with Crippen molar-refractivity contribution in [3.63, 3.8) is 0 Å². The molecule has 0 aliphatic rings. The third-order valence-electron chi connectivity index (χ3n) is 3.72. The van der Waals surface area contributed by atoms with Gasteiger partial charge in [0.15, 0.2) is 5.01 Å². The van der Waals surface area contributed by atoms with E-state index in [4.69, 9.17) is 9.47 Å². The van der Waals surface area contributed by atoms with E-state index in [2.05, 4.69) is 15.5 Å². The predicted molar refractivity (Wildman–Crippen MR) is 109 cm³/mol. The van der Waals surface area contributed by atoms with Gasteiger partial charge in [0.1, 0.15) is 11.5 Å². The Morgan fingerprint density at radius 1 is 1.11 bits per heavy atom. The molecule has 0 spiro atoms. The number of nitrogens with one attached hydrogen (secondary N) is 1. The van der Waals surface area contributed by atoms with Gasteiger partial charge in [0, 0.05) is 4.90 Å². The largest absolute Gasteiger partial charge is 0.497 e. The van der Waals surface area contributed by atoms with Crippen molar-refractivity contribution in [3.8, 4) is 22.1 Å². The maximum absolute atomic E-state index is 12.4. The summed E-state index contributed by atoms with van der Waals surface area (Å²) in [6, 6.07) is 15.3. The molecule has 0 saturated carbocycles. The lowest BCUT2D eigenvalue weighted by molar-refractivity contribution is -0.115. The lowest BCUT2D eigenvalue weighted by Gasteiger charge is -2.10. The van der Waals surface area contributed by atoms with Gasteiger partial charge in [-0.1, -0.05) is 29.5 Å². The van der Waals surface area contributed by atoms with Crippen molar-refractivity contribution in [1.82, 2.24) is 10.2 Å². The lowest BCUT2D eigenvalue weighted by atomic mass is 10.2. The van der Waals surface area contributed by atoms with Gasteiger partial charge >= 0.3 is 0 Å². The van der Waals surface area contributed by atoms with Gasteiger partial charge in [-0.15, -0.1) is 22.0 Å². The summed E-state index contributed by atoms with van der Waals surface area (Å²) in [5, 5.41) is 11.9. The van der Waals surface area contributed by atoms with E-state index in [0.717, 1.165) is 10.5 Å². The highest BCUT2D eigenvalue weighted by Gasteiger charge is 2.18. The van der Waals surface area contributed by atoms with Crippen molar-refractivity contribution in [1.29, 1.82) is 0 Å². The van der Waals surface area contributed by atoms with Crippen molar-refractivity contribution in [2.45, 2.75) is 17.1 Å². The fourth-order valence-electron chi connectivity index (χ4n) is 2.33. The van der Waals surface area contributed by atoms with E-state index in [0.29, 0.717) is 21.6 Å². The summed E-state index contributed by atoms with van der Waals surface area (Å²) in [7, 11) is 3.20. The highest BCUT2D eigenvalue weighted by Crippen LogP contribution is 2.36. The summed E-state index contributed by atoms with van der Waals surface area (Å²) >= 11 is 2.78. The standard InChI is InChI=1S/C19H19N3O3S2/c1-12(26-14-7-5-4-6-8-14)17(23)20-19-22-21-18(27-19)15-11-13(24-2)9-10-16(15)25-3/h4-12H,1-3H3,(H,20,22,23)/t12-/m1/s1. The molecule has 0 bridgehead atoms. The van der Waals surface area contributed by atoms with Crippen molar-refractivity contribution in [3.05, 3.63) is 48.5 Å². The molecule has 0 radical (unpaired) electrons. The van der Waals surface area contributed by atoms with Crippen LogP contribution < -0.4 is 14.8 Å². The first kappa shape index (κ1) is 19.2. The third-order valence-corrected chi connectivity index (χ3v) is 5.70. The van der Waals surface area contributed by atoms with Crippen LogP contribution >= 0.6 is 23.1 Å². The first-order valence-corrected chi connectivity index (χ1v) is 9.89. The second-order valence-corrected chi connectivity index (χ2v) is 7.93. The number of nitrogens with zero attached hydrogens (tertiary/aromatic N) is 2. The molecule has 27 heavy (non-hydrogen) atoms. The summed E-state index contributed by atoms with van der Waals surface area (Å²) in [5.41, 5.74) is 0.765. The Hall–Kier alpha value is -2.58. The van der Waals surface area contributed by atoms with Crippen LogP contribution in [-0.2, 0) is 4.79 Å². The Morgan fingerprint density at radius 3 is 2.59 bits per heavy atom. The molecule has 140 valence electrons. The fraction of sp³-hybridized carbons (Fsp3) is 0.211. The highest BCUT2D eigenvalue weighted by molar-refractivity contribution is 8.00. The van der Waals surface area contributed by atoms with Gasteiger partial charge in [-0.25, -0.2) is 0 Å². The number of benzene rings is 2. The van der Waals surface area contributed by atoms with Gasteiger partial charge in [0.05, 0.1) is 25.0 Å². The van der Waals surface area contributed by atoms with Gasteiger partial charge in [-0.05, 0) is 37.3 Å². The monoisotopic (exact) mass is 401 g/mol. The van der Waals surface area contributed by atoms with E-state index in [-0.39, 0.29) is 11.2 Å². The van der Waals surface area contributed by atoms with Crippen molar-refractivity contribution in [2.24, 2.45) is 0 Å². The number of carbonyl (C=O) groups excluding carboxylic acids is 1. The number of thioether (sulfide) groups is 1. The summed E-state index contributed by atoms with van der Waals surface area (Å²) < 4.78 is 10.7. The number of carbonyl (C=O) groups is 1. The summed E-state index contributed by atoms with van der Waals surface area (Å²) in [4.78, 5) is 13.5. The fourth-order valence-corrected chi connectivity index (χ4v) is 3.98. The van der Waals surface area contributed by atoms with Crippen LogP contribution in [0.25, 0.3) is 10.6 Å². The van der Waals surface area contributed by atoms with Gasteiger partial charge < -0.3 is 9.47 Å². The Balaban J connectivity index is 1.72. The van der Waals surface area contributed by atoms with Gasteiger partial charge in [-0.3, -0.25) is 10.1 Å². The minimum Gasteiger partial charge on any atom is -0.497 e. The number of anilines is 1. The number of methoxy groups -OCH3 is 2. The number of aromatic nitrogens is 2. The number of amides is 1. The van der Waals surface area contributed by atoms with E-state index in [1.807, 2.05) is 55.5 Å². The molecule has 1 heterocycles. The normalized spacial score (nSPS) is 11.7. The quantitative estimate of drug-likeness (QED) is 0.594. The predicted octanol–water partition coefficient (Wildman–Crippen LogP) is 4.34. The molecule has 1 amide bonds. The molecule has 0 aliphatic heterocycles. The average molecular weight is 402 g/mol. The summed E-state index contributed by atoms with van der Waals surface area (Å²) in [6.07, 6.45) is 0. The molecule has 0 fully saturated rings. The van der Waals surface area contributed by atoms with Crippen LogP contribution in [0.2, 0.25) is 0 Å². The van der Waals surface area contributed by atoms with E-state index in [9.17, 15) is 4.79 Å². The molecule has 0 unspecified atom stereocenters. The van der Waals surface area contributed by atoms with Crippen LogP contribution in [0.3, 0.4) is 0 Å². The second kappa shape index (κ2) is 8.88. The first-order chi connectivity index (χ1) is 13.1. The molecule has 3 rings (SSSR count). The van der Waals surface area contributed by atoms with Crippen molar-refractivity contribution >= 4 is 34.1 Å². The van der Waals surface area contributed by atoms with E-state index in [1.54, 1.807) is 14.2 Å². The van der Waals surface area contributed by atoms with Crippen molar-refractivity contribution in [2.75, 3.05) is 19.5 Å². The molecule has 0 saturated heterocycles.